The molecule has 2 aliphatic rings. The zero-order chi connectivity index (χ0) is 20.5. The van der Waals surface area contributed by atoms with Crippen LogP contribution in [0.5, 0.6) is 11.5 Å². The van der Waals surface area contributed by atoms with Crippen LogP contribution in [0.2, 0.25) is 0 Å². The van der Waals surface area contributed by atoms with Crippen molar-refractivity contribution in [3.63, 3.8) is 0 Å². The molecule has 5 rings (SSSR count). The molecule has 2 saturated heterocycles. The van der Waals surface area contributed by atoms with Crippen LogP contribution in [0.15, 0.2) is 48.5 Å². The highest BCUT2D eigenvalue weighted by Crippen LogP contribution is 2.32. The smallest absolute Gasteiger partial charge is 0.320 e. The van der Waals surface area contributed by atoms with Crippen LogP contribution in [0.3, 0.4) is 0 Å². The zero-order valence-electron chi connectivity index (χ0n) is 16.2. The van der Waals surface area contributed by atoms with E-state index in [0.29, 0.717) is 37.1 Å². The quantitative estimate of drug-likeness (QED) is 0.717. The van der Waals surface area contributed by atoms with Crippen molar-refractivity contribution in [2.45, 2.75) is 18.3 Å². The van der Waals surface area contributed by atoms with Crippen LogP contribution in [0.25, 0.3) is 0 Å². The Balaban J connectivity index is 1.13. The summed E-state index contributed by atoms with van der Waals surface area (Å²) in [5, 5.41) is 14.0. The third-order valence-corrected chi connectivity index (χ3v) is 5.76. The fourth-order valence-corrected chi connectivity index (χ4v) is 3.99. The van der Waals surface area contributed by atoms with Gasteiger partial charge in [-0.05, 0) is 58.8 Å². The SMILES string of the molecule is O=C(N1CC(c2ccc(Oc3ccc(F)cc3)cc2)C1)N1CC[C@H](c2nnn[nH]2)C1. The summed E-state index contributed by atoms with van der Waals surface area (Å²) in [4.78, 5) is 16.5. The predicted octanol–water partition coefficient (Wildman–Crippen LogP) is 3.14. The monoisotopic (exact) mass is 408 g/mol. The van der Waals surface area contributed by atoms with Gasteiger partial charge in [0.2, 0.25) is 0 Å². The van der Waals surface area contributed by atoms with Crippen LogP contribution in [-0.4, -0.2) is 62.6 Å². The summed E-state index contributed by atoms with van der Waals surface area (Å²) in [5.74, 6) is 2.24. The zero-order valence-corrected chi connectivity index (χ0v) is 16.2. The molecule has 0 unspecified atom stereocenters. The first-order valence-corrected chi connectivity index (χ1v) is 9.96. The van der Waals surface area contributed by atoms with Gasteiger partial charge in [0.25, 0.3) is 0 Å². The summed E-state index contributed by atoms with van der Waals surface area (Å²) in [6.07, 6.45) is 0.870. The minimum absolute atomic E-state index is 0.0810. The van der Waals surface area contributed by atoms with Gasteiger partial charge in [0.1, 0.15) is 17.3 Å². The van der Waals surface area contributed by atoms with Crippen molar-refractivity contribution in [2.75, 3.05) is 26.2 Å². The molecule has 3 aromatic rings. The van der Waals surface area contributed by atoms with Gasteiger partial charge in [-0.2, -0.15) is 0 Å². The number of ether oxygens (including phenoxy) is 1. The lowest BCUT2D eigenvalue weighted by atomic mass is 9.92. The van der Waals surface area contributed by atoms with Gasteiger partial charge in [-0.1, -0.05) is 12.1 Å². The summed E-state index contributed by atoms with van der Waals surface area (Å²) in [7, 11) is 0. The number of H-pyrrole nitrogens is 1. The number of amides is 2. The molecule has 2 fully saturated rings. The lowest BCUT2D eigenvalue weighted by Gasteiger charge is -2.41. The first kappa shape index (κ1) is 18.5. The molecule has 3 heterocycles. The number of benzene rings is 2. The Kier molecular flexibility index (Phi) is 4.78. The van der Waals surface area contributed by atoms with Gasteiger partial charge in [0.05, 0.1) is 0 Å². The van der Waals surface area contributed by atoms with Gasteiger partial charge in [-0.25, -0.2) is 14.3 Å². The highest BCUT2D eigenvalue weighted by atomic mass is 19.1. The molecule has 8 nitrogen and oxygen atoms in total. The number of rotatable bonds is 4. The number of aromatic amines is 1. The van der Waals surface area contributed by atoms with E-state index in [1.54, 1.807) is 12.1 Å². The van der Waals surface area contributed by atoms with Gasteiger partial charge in [0.15, 0.2) is 5.82 Å². The molecule has 0 saturated carbocycles. The number of hydrogen-bond acceptors (Lipinski definition) is 5. The number of carbonyl (C=O) groups is 1. The molecule has 1 atom stereocenters. The number of likely N-dealkylation sites (tertiary alicyclic amines) is 2. The third-order valence-electron chi connectivity index (χ3n) is 5.76. The Bertz CT molecular complexity index is 1000. The highest BCUT2D eigenvalue weighted by molar-refractivity contribution is 5.76. The maximum atomic E-state index is 13.0. The van der Waals surface area contributed by atoms with E-state index in [1.165, 1.54) is 17.7 Å². The molecule has 9 heteroatoms. The Morgan fingerprint density at radius 3 is 2.30 bits per heavy atom. The maximum Gasteiger partial charge on any atom is 0.320 e. The number of urea groups is 1. The second kappa shape index (κ2) is 7.74. The van der Waals surface area contributed by atoms with E-state index in [9.17, 15) is 9.18 Å². The normalized spacial score (nSPS) is 19.0. The van der Waals surface area contributed by atoms with Crippen molar-refractivity contribution in [3.05, 3.63) is 65.7 Å². The van der Waals surface area contributed by atoms with Crippen LogP contribution in [0.4, 0.5) is 9.18 Å². The maximum absolute atomic E-state index is 13.0. The van der Waals surface area contributed by atoms with Crippen LogP contribution >= 0.6 is 0 Å². The summed E-state index contributed by atoms with van der Waals surface area (Å²) < 4.78 is 18.7. The van der Waals surface area contributed by atoms with Crippen molar-refractivity contribution >= 4 is 6.03 Å². The largest absolute Gasteiger partial charge is 0.457 e. The Morgan fingerprint density at radius 2 is 1.63 bits per heavy atom. The average Bonchev–Trinajstić information content (AvgIpc) is 3.41. The van der Waals surface area contributed by atoms with E-state index >= 15 is 0 Å². The van der Waals surface area contributed by atoms with Gasteiger partial charge >= 0.3 is 6.03 Å². The molecule has 1 N–H and O–H groups in total. The van der Waals surface area contributed by atoms with E-state index in [4.69, 9.17) is 4.74 Å². The molecule has 0 radical (unpaired) electrons. The Labute approximate surface area is 172 Å². The fourth-order valence-electron chi connectivity index (χ4n) is 3.99. The molecule has 1 aromatic heterocycles. The molecule has 2 aromatic carbocycles. The topological polar surface area (TPSA) is 87.2 Å². The first-order chi connectivity index (χ1) is 14.7. The molecule has 154 valence electrons. The first-order valence-electron chi connectivity index (χ1n) is 9.96. The van der Waals surface area contributed by atoms with Gasteiger partial charge in [-0.15, -0.1) is 5.10 Å². The summed E-state index contributed by atoms with van der Waals surface area (Å²) >= 11 is 0. The lowest BCUT2D eigenvalue weighted by Crippen LogP contribution is -2.53. The van der Waals surface area contributed by atoms with Gasteiger partial charge < -0.3 is 14.5 Å². The molecule has 2 amide bonds. The minimum Gasteiger partial charge on any atom is -0.457 e. The van der Waals surface area contributed by atoms with E-state index in [2.05, 4.69) is 20.6 Å². The van der Waals surface area contributed by atoms with Crippen LogP contribution in [0, 0.1) is 5.82 Å². The van der Waals surface area contributed by atoms with E-state index in [1.807, 2.05) is 34.1 Å². The fraction of sp³-hybridized carbons (Fsp3) is 0.333. The van der Waals surface area contributed by atoms with Crippen LogP contribution < -0.4 is 4.74 Å². The van der Waals surface area contributed by atoms with Crippen molar-refractivity contribution in [1.29, 1.82) is 0 Å². The minimum atomic E-state index is -0.291. The van der Waals surface area contributed by atoms with Crippen LogP contribution in [0.1, 0.15) is 29.6 Å². The van der Waals surface area contributed by atoms with E-state index < -0.39 is 0 Å². The second-order valence-electron chi connectivity index (χ2n) is 7.73. The molecular weight excluding hydrogens is 387 g/mol. The molecule has 0 bridgehead atoms. The summed E-state index contributed by atoms with van der Waals surface area (Å²) in [5.41, 5.74) is 1.18. The Morgan fingerprint density at radius 1 is 0.967 bits per heavy atom. The Hall–Kier alpha value is -3.49. The van der Waals surface area contributed by atoms with Crippen LogP contribution in [-0.2, 0) is 0 Å². The number of nitrogens with zero attached hydrogens (tertiary/aromatic N) is 5. The summed E-state index contributed by atoms with van der Waals surface area (Å²) in [6, 6.07) is 13.9. The van der Waals surface area contributed by atoms with Crippen molar-refractivity contribution < 1.29 is 13.9 Å². The molecule has 0 spiro atoms. The van der Waals surface area contributed by atoms with Crippen molar-refractivity contribution in [3.8, 4) is 11.5 Å². The number of tetrazole rings is 1. The average molecular weight is 408 g/mol. The number of carbonyl (C=O) groups excluding carboxylic acids is 1. The summed E-state index contributed by atoms with van der Waals surface area (Å²) in [6.45, 7) is 2.79. The second-order valence-corrected chi connectivity index (χ2v) is 7.73. The number of nitrogens with one attached hydrogen (secondary N) is 1. The standard InChI is InChI=1S/C21H21FN6O2/c22-17-3-7-19(8-4-17)30-18-5-1-14(2-6-18)16-12-28(13-16)21(29)27-10-9-15(11-27)20-23-25-26-24-20/h1-8,15-16H,9-13H2,(H,23,24,25,26)/t15-/m0/s1. The number of hydrogen-bond donors (Lipinski definition) is 1. The van der Waals surface area contributed by atoms with Crippen molar-refractivity contribution in [2.24, 2.45) is 0 Å². The lowest BCUT2D eigenvalue weighted by molar-refractivity contribution is 0.121. The molecule has 2 aliphatic heterocycles. The van der Waals surface area contributed by atoms with E-state index in [-0.39, 0.29) is 17.8 Å². The van der Waals surface area contributed by atoms with E-state index in [0.717, 1.165) is 18.8 Å². The third kappa shape index (κ3) is 3.70. The molecule has 0 aliphatic carbocycles. The highest BCUT2D eigenvalue weighted by Gasteiger charge is 2.37. The number of halogens is 1. The predicted molar refractivity (Wildman–Crippen MR) is 106 cm³/mol. The number of aromatic nitrogens is 4. The van der Waals surface area contributed by atoms with Crippen molar-refractivity contribution in [1.82, 2.24) is 30.4 Å². The van der Waals surface area contributed by atoms with Gasteiger partial charge in [-0.3, -0.25) is 0 Å². The molecule has 30 heavy (non-hydrogen) atoms. The molecular formula is C21H21FN6O2. The van der Waals surface area contributed by atoms with Gasteiger partial charge in [0, 0.05) is 38.0 Å².